The number of nitrogens with one attached hydrogen (secondary N) is 2. The number of thioether (sulfide) groups is 1. The van der Waals surface area contributed by atoms with E-state index in [0.717, 1.165) is 5.75 Å². The SMILES string of the molecule is CC1CCSC(CC(=O)NC(C)(C)C)N1. The molecule has 3 nitrogen and oxygen atoms in total. The van der Waals surface area contributed by atoms with Crippen molar-refractivity contribution >= 4 is 17.7 Å². The van der Waals surface area contributed by atoms with Crippen molar-refractivity contribution in [2.24, 2.45) is 0 Å². The van der Waals surface area contributed by atoms with Gasteiger partial charge in [-0.3, -0.25) is 4.79 Å². The Kier molecular flexibility index (Phi) is 4.46. The van der Waals surface area contributed by atoms with Crippen molar-refractivity contribution in [2.45, 2.75) is 57.5 Å². The molecule has 2 N–H and O–H groups in total. The highest BCUT2D eigenvalue weighted by molar-refractivity contribution is 7.99. The van der Waals surface area contributed by atoms with Gasteiger partial charge in [-0.05, 0) is 39.9 Å². The summed E-state index contributed by atoms with van der Waals surface area (Å²) >= 11 is 1.85. The molecule has 1 saturated heterocycles. The molecule has 0 radical (unpaired) electrons. The molecule has 1 heterocycles. The van der Waals surface area contributed by atoms with Gasteiger partial charge >= 0.3 is 0 Å². The largest absolute Gasteiger partial charge is 0.351 e. The van der Waals surface area contributed by atoms with E-state index in [1.165, 1.54) is 6.42 Å². The summed E-state index contributed by atoms with van der Waals surface area (Å²) in [6.45, 7) is 8.20. The van der Waals surface area contributed by atoms with E-state index < -0.39 is 0 Å². The topological polar surface area (TPSA) is 41.1 Å². The van der Waals surface area contributed by atoms with Crippen molar-refractivity contribution in [2.75, 3.05) is 5.75 Å². The van der Waals surface area contributed by atoms with Gasteiger partial charge < -0.3 is 10.6 Å². The first-order valence-corrected chi connectivity index (χ1v) is 6.60. The lowest BCUT2D eigenvalue weighted by molar-refractivity contribution is -0.122. The fraction of sp³-hybridized carbons (Fsp3) is 0.909. The van der Waals surface area contributed by atoms with Gasteiger partial charge in [0.2, 0.25) is 5.91 Å². The molecule has 1 amide bonds. The second kappa shape index (κ2) is 5.21. The fourth-order valence-corrected chi connectivity index (χ4v) is 2.96. The summed E-state index contributed by atoms with van der Waals surface area (Å²) in [5.41, 5.74) is -0.123. The maximum Gasteiger partial charge on any atom is 0.222 e. The Balaban J connectivity index is 2.31. The van der Waals surface area contributed by atoms with Gasteiger partial charge in [0.05, 0.1) is 11.8 Å². The summed E-state index contributed by atoms with van der Waals surface area (Å²) in [7, 11) is 0. The second-order valence-electron chi connectivity index (χ2n) is 5.22. The van der Waals surface area contributed by atoms with Crippen LogP contribution in [0.4, 0.5) is 0 Å². The quantitative estimate of drug-likeness (QED) is 0.759. The summed E-state index contributed by atoms with van der Waals surface area (Å²) in [5.74, 6) is 1.29. The monoisotopic (exact) mass is 230 g/mol. The minimum absolute atomic E-state index is 0.123. The predicted molar refractivity (Wildman–Crippen MR) is 66.0 cm³/mol. The average Bonchev–Trinajstić information content (AvgIpc) is 1.99. The third kappa shape index (κ3) is 5.42. The molecule has 2 unspecified atom stereocenters. The van der Waals surface area contributed by atoms with E-state index in [4.69, 9.17) is 0 Å². The lowest BCUT2D eigenvalue weighted by Gasteiger charge is -2.29. The smallest absolute Gasteiger partial charge is 0.222 e. The Morgan fingerprint density at radius 3 is 2.73 bits per heavy atom. The summed E-state index contributed by atoms with van der Waals surface area (Å²) < 4.78 is 0. The Morgan fingerprint density at radius 1 is 1.53 bits per heavy atom. The molecule has 1 aliphatic heterocycles. The number of rotatable bonds is 2. The molecular formula is C11H22N2OS. The average molecular weight is 230 g/mol. The molecule has 15 heavy (non-hydrogen) atoms. The van der Waals surface area contributed by atoms with Gasteiger partial charge in [-0.1, -0.05) is 0 Å². The van der Waals surface area contributed by atoms with Crippen molar-refractivity contribution in [3.05, 3.63) is 0 Å². The van der Waals surface area contributed by atoms with Gasteiger partial charge in [0.1, 0.15) is 0 Å². The van der Waals surface area contributed by atoms with Crippen LogP contribution in [0, 0.1) is 0 Å². The Bertz CT molecular complexity index is 225. The van der Waals surface area contributed by atoms with Crippen LogP contribution in [0.15, 0.2) is 0 Å². The molecule has 1 aliphatic rings. The van der Waals surface area contributed by atoms with E-state index in [0.29, 0.717) is 12.5 Å². The van der Waals surface area contributed by atoms with E-state index >= 15 is 0 Å². The molecule has 0 aliphatic carbocycles. The number of amides is 1. The fourth-order valence-electron chi connectivity index (χ4n) is 1.59. The zero-order chi connectivity index (χ0) is 11.5. The van der Waals surface area contributed by atoms with Crippen LogP contribution in [0.1, 0.15) is 40.5 Å². The van der Waals surface area contributed by atoms with Crippen molar-refractivity contribution in [1.29, 1.82) is 0 Å². The number of hydrogen-bond donors (Lipinski definition) is 2. The standard InChI is InChI=1S/C11H22N2OS/c1-8-5-6-15-10(12-8)7-9(14)13-11(2,3)4/h8,10,12H,5-7H2,1-4H3,(H,13,14). The highest BCUT2D eigenvalue weighted by Crippen LogP contribution is 2.20. The molecule has 0 saturated carbocycles. The van der Waals surface area contributed by atoms with Gasteiger partial charge in [-0.25, -0.2) is 0 Å². The van der Waals surface area contributed by atoms with E-state index in [1.54, 1.807) is 0 Å². The van der Waals surface area contributed by atoms with E-state index in [-0.39, 0.29) is 16.8 Å². The van der Waals surface area contributed by atoms with Crippen molar-refractivity contribution in [3.63, 3.8) is 0 Å². The summed E-state index contributed by atoms with van der Waals surface area (Å²) in [5, 5.41) is 6.71. The van der Waals surface area contributed by atoms with Gasteiger partial charge in [-0.2, -0.15) is 0 Å². The van der Waals surface area contributed by atoms with Crippen LogP contribution >= 0.6 is 11.8 Å². The molecule has 0 bridgehead atoms. The Hall–Kier alpha value is -0.220. The third-order valence-electron chi connectivity index (χ3n) is 2.23. The number of carbonyl (C=O) groups excluding carboxylic acids is 1. The number of carbonyl (C=O) groups is 1. The van der Waals surface area contributed by atoms with Crippen LogP contribution in [-0.2, 0) is 4.79 Å². The van der Waals surface area contributed by atoms with Gasteiger partial charge in [0.15, 0.2) is 0 Å². The molecule has 1 rings (SSSR count). The van der Waals surface area contributed by atoms with E-state index in [1.807, 2.05) is 32.5 Å². The molecule has 88 valence electrons. The zero-order valence-electron chi connectivity index (χ0n) is 10.1. The van der Waals surface area contributed by atoms with Crippen LogP contribution < -0.4 is 10.6 Å². The Morgan fingerprint density at radius 2 is 2.20 bits per heavy atom. The molecule has 0 aromatic rings. The molecule has 4 heteroatoms. The number of hydrogen-bond acceptors (Lipinski definition) is 3. The third-order valence-corrected chi connectivity index (χ3v) is 3.40. The minimum Gasteiger partial charge on any atom is -0.351 e. The van der Waals surface area contributed by atoms with Crippen LogP contribution in [0.2, 0.25) is 0 Å². The van der Waals surface area contributed by atoms with E-state index in [2.05, 4.69) is 17.6 Å². The van der Waals surface area contributed by atoms with Gasteiger partial charge in [0.25, 0.3) is 0 Å². The molecule has 0 spiro atoms. The molecular weight excluding hydrogens is 208 g/mol. The maximum absolute atomic E-state index is 11.7. The lowest BCUT2D eigenvalue weighted by atomic mass is 10.1. The van der Waals surface area contributed by atoms with Crippen molar-refractivity contribution < 1.29 is 4.79 Å². The molecule has 1 fully saturated rings. The first-order chi connectivity index (χ1) is 6.87. The van der Waals surface area contributed by atoms with E-state index in [9.17, 15) is 4.79 Å². The normalized spacial score (nSPS) is 27.5. The molecule has 2 atom stereocenters. The lowest BCUT2D eigenvalue weighted by Crippen LogP contribution is -2.46. The minimum atomic E-state index is -0.123. The predicted octanol–water partition coefficient (Wildman–Crippen LogP) is 1.73. The van der Waals surface area contributed by atoms with Crippen LogP contribution in [0.5, 0.6) is 0 Å². The highest BCUT2D eigenvalue weighted by atomic mass is 32.2. The summed E-state index contributed by atoms with van der Waals surface area (Å²) in [6, 6.07) is 0.540. The zero-order valence-corrected chi connectivity index (χ0v) is 10.9. The van der Waals surface area contributed by atoms with Crippen molar-refractivity contribution in [1.82, 2.24) is 10.6 Å². The summed E-state index contributed by atoms with van der Waals surface area (Å²) in [6.07, 6.45) is 1.77. The van der Waals surface area contributed by atoms with Crippen LogP contribution in [0.25, 0.3) is 0 Å². The summed E-state index contributed by atoms with van der Waals surface area (Å²) in [4.78, 5) is 11.7. The van der Waals surface area contributed by atoms with Crippen molar-refractivity contribution in [3.8, 4) is 0 Å². The molecule has 0 aromatic heterocycles. The molecule has 0 aromatic carbocycles. The highest BCUT2D eigenvalue weighted by Gasteiger charge is 2.22. The van der Waals surface area contributed by atoms with Gasteiger partial charge in [0, 0.05) is 11.6 Å². The first kappa shape index (κ1) is 12.8. The van der Waals surface area contributed by atoms with Crippen LogP contribution in [-0.4, -0.2) is 28.6 Å². The Labute approximate surface area is 96.8 Å². The van der Waals surface area contributed by atoms with Gasteiger partial charge in [-0.15, -0.1) is 11.8 Å². The second-order valence-corrected chi connectivity index (χ2v) is 6.53. The first-order valence-electron chi connectivity index (χ1n) is 5.55. The van der Waals surface area contributed by atoms with Crippen LogP contribution in [0.3, 0.4) is 0 Å². The maximum atomic E-state index is 11.7.